The maximum Gasteiger partial charge on any atom is 0.356 e. The Labute approximate surface area is 129 Å². The lowest BCUT2D eigenvalue weighted by molar-refractivity contribution is 0.0310. The zero-order valence-electron chi connectivity index (χ0n) is 13.6. The number of aromatic nitrogens is 1. The zero-order valence-corrected chi connectivity index (χ0v) is 13.6. The third-order valence-corrected chi connectivity index (χ3v) is 3.19. The fourth-order valence-electron chi connectivity index (χ4n) is 1.98. The first-order chi connectivity index (χ1) is 10.2. The molecule has 0 aliphatic rings. The maximum absolute atomic E-state index is 13.3. The van der Waals surface area contributed by atoms with Crippen molar-refractivity contribution >= 4 is 17.7 Å². The van der Waals surface area contributed by atoms with E-state index >= 15 is 0 Å². The Morgan fingerprint density at radius 1 is 1.50 bits per heavy atom. The Balaban J connectivity index is 3.30. The molecule has 22 heavy (non-hydrogen) atoms. The summed E-state index contributed by atoms with van der Waals surface area (Å²) in [6.45, 7) is 4.36. The predicted octanol–water partition coefficient (Wildman–Crippen LogP) is 3.77. The molecular formula is C16H22F2N2O2. The van der Waals surface area contributed by atoms with E-state index in [0.29, 0.717) is 11.3 Å². The summed E-state index contributed by atoms with van der Waals surface area (Å²) in [5, 5.41) is 0. The molecule has 1 aromatic heterocycles. The largest absolute Gasteiger partial charge is 0.464 e. The molecule has 0 saturated carbocycles. The number of alkyl halides is 2. The van der Waals surface area contributed by atoms with Crippen molar-refractivity contribution in [2.75, 3.05) is 25.6 Å². The van der Waals surface area contributed by atoms with Gasteiger partial charge in [-0.2, -0.15) is 0 Å². The van der Waals surface area contributed by atoms with E-state index in [1.165, 1.54) is 24.3 Å². The first-order valence-corrected chi connectivity index (χ1v) is 7.02. The van der Waals surface area contributed by atoms with Crippen LogP contribution >= 0.6 is 0 Å². The van der Waals surface area contributed by atoms with Gasteiger partial charge in [0, 0.05) is 31.4 Å². The fraction of sp³-hybridized carbons (Fsp3) is 0.500. The van der Waals surface area contributed by atoms with E-state index in [2.05, 4.69) is 9.72 Å². The Morgan fingerprint density at radius 3 is 2.64 bits per heavy atom. The summed E-state index contributed by atoms with van der Waals surface area (Å²) >= 11 is 0. The maximum atomic E-state index is 13.3. The van der Waals surface area contributed by atoms with Gasteiger partial charge >= 0.3 is 5.97 Å². The quantitative estimate of drug-likeness (QED) is 0.750. The minimum atomic E-state index is -2.84. The van der Waals surface area contributed by atoms with Crippen molar-refractivity contribution in [2.24, 2.45) is 0 Å². The topological polar surface area (TPSA) is 42.4 Å². The summed E-state index contributed by atoms with van der Waals surface area (Å²) in [6.07, 6.45) is 4.23. The zero-order chi connectivity index (χ0) is 16.9. The number of nitrogens with zero attached hydrogens (tertiary/aromatic N) is 2. The molecular weight excluding hydrogens is 290 g/mol. The van der Waals surface area contributed by atoms with Crippen molar-refractivity contribution in [1.29, 1.82) is 0 Å². The van der Waals surface area contributed by atoms with Crippen LogP contribution < -0.4 is 4.90 Å². The Hall–Kier alpha value is -1.98. The monoisotopic (exact) mass is 312 g/mol. The van der Waals surface area contributed by atoms with Crippen LogP contribution in [0.25, 0.3) is 6.08 Å². The van der Waals surface area contributed by atoms with Gasteiger partial charge < -0.3 is 9.64 Å². The van der Waals surface area contributed by atoms with Crippen LogP contribution in [0, 0.1) is 0 Å². The lowest BCUT2D eigenvalue weighted by atomic mass is 10.1. The van der Waals surface area contributed by atoms with E-state index in [0.717, 1.165) is 18.9 Å². The number of methoxy groups -OCH3 is 1. The van der Waals surface area contributed by atoms with E-state index in [1.807, 2.05) is 19.9 Å². The number of carbonyl (C=O) groups is 1. The van der Waals surface area contributed by atoms with Crippen molar-refractivity contribution in [3.05, 3.63) is 29.1 Å². The van der Waals surface area contributed by atoms with Crippen LogP contribution in [0.1, 0.15) is 43.2 Å². The van der Waals surface area contributed by atoms with Gasteiger partial charge in [0.1, 0.15) is 5.69 Å². The summed E-state index contributed by atoms with van der Waals surface area (Å²) < 4.78 is 31.2. The highest BCUT2D eigenvalue weighted by Crippen LogP contribution is 2.26. The second kappa shape index (κ2) is 7.33. The smallest absolute Gasteiger partial charge is 0.356 e. The molecule has 1 heterocycles. The standard InChI is InChI=1S/C16H22F2N2O2/c1-6-11(2)7-12-9-19-13(15(21)22-5)8-14(12)20(4)10-16(3,17)18/h7-9H,6,10H2,1-5H3/b11-7+. The highest BCUT2D eigenvalue weighted by Gasteiger charge is 2.25. The number of allylic oxidation sites excluding steroid dienone is 1. The Bertz CT molecular complexity index is 566. The molecule has 0 bridgehead atoms. The normalized spacial score (nSPS) is 12.2. The third kappa shape index (κ3) is 5.09. The van der Waals surface area contributed by atoms with Gasteiger partial charge in [-0.05, 0) is 19.4 Å². The summed E-state index contributed by atoms with van der Waals surface area (Å²) in [6, 6.07) is 1.48. The van der Waals surface area contributed by atoms with Crippen LogP contribution in [0.3, 0.4) is 0 Å². The van der Waals surface area contributed by atoms with Crippen LogP contribution in [0.15, 0.2) is 17.8 Å². The Kier molecular flexibility index (Phi) is 6.02. The van der Waals surface area contributed by atoms with Crippen molar-refractivity contribution in [3.8, 4) is 0 Å². The fourth-order valence-corrected chi connectivity index (χ4v) is 1.98. The van der Waals surface area contributed by atoms with Gasteiger partial charge in [0.25, 0.3) is 5.92 Å². The van der Waals surface area contributed by atoms with Gasteiger partial charge in [-0.15, -0.1) is 0 Å². The number of carbonyl (C=O) groups excluding carboxylic acids is 1. The molecule has 0 amide bonds. The van der Waals surface area contributed by atoms with Gasteiger partial charge in [-0.1, -0.05) is 18.6 Å². The number of halogens is 2. The van der Waals surface area contributed by atoms with Crippen LogP contribution in [-0.4, -0.2) is 37.6 Å². The van der Waals surface area contributed by atoms with Crippen molar-refractivity contribution in [3.63, 3.8) is 0 Å². The lowest BCUT2D eigenvalue weighted by Crippen LogP contribution is -2.32. The van der Waals surface area contributed by atoms with Crippen molar-refractivity contribution < 1.29 is 18.3 Å². The molecule has 6 heteroatoms. The number of rotatable bonds is 6. The third-order valence-electron chi connectivity index (χ3n) is 3.19. The molecule has 0 aliphatic heterocycles. The van der Waals surface area contributed by atoms with Crippen LogP contribution in [-0.2, 0) is 4.74 Å². The second-order valence-corrected chi connectivity index (χ2v) is 5.39. The second-order valence-electron chi connectivity index (χ2n) is 5.39. The van der Waals surface area contributed by atoms with Crippen LogP contribution in [0.2, 0.25) is 0 Å². The summed E-state index contributed by atoms with van der Waals surface area (Å²) in [4.78, 5) is 17.1. The predicted molar refractivity (Wildman–Crippen MR) is 83.4 cm³/mol. The first kappa shape index (κ1) is 18.1. The molecule has 1 rings (SSSR count). The summed E-state index contributed by atoms with van der Waals surface area (Å²) in [5.74, 6) is -3.44. The van der Waals surface area contributed by atoms with Crippen LogP contribution in [0.5, 0.6) is 0 Å². The molecule has 4 nitrogen and oxygen atoms in total. The van der Waals surface area contributed by atoms with E-state index in [-0.39, 0.29) is 5.69 Å². The van der Waals surface area contributed by atoms with Gasteiger partial charge in [-0.3, -0.25) is 0 Å². The average molecular weight is 312 g/mol. The van der Waals surface area contributed by atoms with Crippen molar-refractivity contribution in [1.82, 2.24) is 4.98 Å². The molecule has 0 radical (unpaired) electrons. The number of ether oxygens (including phenoxy) is 1. The first-order valence-electron chi connectivity index (χ1n) is 7.02. The lowest BCUT2D eigenvalue weighted by Gasteiger charge is -2.25. The minimum Gasteiger partial charge on any atom is -0.464 e. The van der Waals surface area contributed by atoms with Gasteiger partial charge in [0.2, 0.25) is 0 Å². The molecule has 0 spiro atoms. The van der Waals surface area contributed by atoms with E-state index < -0.39 is 18.4 Å². The average Bonchev–Trinajstić information content (AvgIpc) is 2.44. The van der Waals surface area contributed by atoms with Crippen molar-refractivity contribution in [2.45, 2.75) is 33.1 Å². The molecule has 122 valence electrons. The number of esters is 1. The number of hydrogen-bond acceptors (Lipinski definition) is 4. The summed E-state index contributed by atoms with van der Waals surface area (Å²) in [5.41, 5.74) is 2.39. The van der Waals surface area contributed by atoms with Gasteiger partial charge in [-0.25, -0.2) is 18.6 Å². The molecule has 0 aliphatic carbocycles. The van der Waals surface area contributed by atoms with E-state index in [1.54, 1.807) is 7.05 Å². The molecule has 0 N–H and O–H groups in total. The van der Waals surface area contributed by atoms with Gasteiger partial charge in [0.15, 0.2) is 0 Å². The number of hydrogen-bond donors (Lipinski definition) is 0. The highest BCUT2D eigenvalue weighted by molar-refractivity contribution is 5.89. The molecule has 0 atom stereocenters. The van der Waals surface area contributed by atoms with E-state index in [9.17, 15) is 13.6 Å². The minimum absolute atomic E-state index is 0.0927. The van der Waals surface area contributed by atoms with Gasteiger partial charge in [0.05, 0.1) is 13.7 Å². The number of pyridine rings is 1. The summed E-state index contributed by atoms with van der Waals surface area (Å²) in [7, 11) is 2.81. The van der Waals surface area contributed by atoms with E-state index in [4.69, 9.17) is 0 Å². The molecule has 0 unspecified atom stereocenters. The number of anilines is 1. The molecule has 0 aromatic carbocycles. The molecule has 0 fully saturated rings. The van der Waals surface area contributed by atoms with Crippen LogP contribution in [0.4, 0.5) is 14.5 Å². The SMILES string of the molecule is CC/C(C)=C/c1cnc(C(=O)OC)cc1N(C)CC(C)(F)F. The highest BCUT2D eigenvalue weighted by atomic mass is 19.3. The Morgan fingerprint density at radius 2 is 2.14 bits per heavy atom. The molecule has 1 aromatic rings. The molecule has 0 saturated heterocycles.